The summed E-state index contributed by atoms with van der Waals surface area (Å²) >= 11 is 1.48. The van der Waals surface area contributed by atoms with E-state index in [9.17, 15) is 4.79 Å². The molecule has 4 nitrogen and oxygen atoms in total. The summed E-state index contributed by atoms with van der Waals surface area (Å²) in [5, 5.41) is 1.02. The number of fused-ring (bicyclic) bond motifs is 3. The summed E-state index contributed by atoms with van der Waals surface area (Å²) in [4.78, 5) is 18.2. The third kappa shape index (κ3) is 1.13. The molecule has 0 atom stereocenters. The molecule has 3 N–H and O–H groups in total. The van der Waals surface area contributed by atoms with Crippen LogP contribution >= 0.6 is 11.3 Å². The molecule has 0 radical (unpaired) electrons. The summed E-state index contributed by atoms with van der Waals surface area (Å²) in [6, 6.07) is 4.98. The van der Waals surface area contributed by atoms with Crippen LogP contribution in [-0.2, 0) is 0 Å². The van der Waals surface area contributed by atoms with E-state index < -0.39 is 0 Å². The molecule has 2 aromatic heterocycles. The van der Waals surface area contributed by atoms with Crippen molar-refractivity contribution in [2.45, 2.75) is 0 Å². The quantitative estimate of drug-likeness (QED) is 0.602. The van der Waals surface area contributed by atoms with E-state index in [1.807, 2.05) is 6.07 Å². The van der Waals surface area contributed by atoms with Crippen LogP contribution in [0.15, 0.2) is 29.3 Å². The zero-order valence-corrected chi connectivity index (χ0v) is 8.47. The van der Waals surface area contributed by atoms with Crippen molar-refractivity contribution in [1.29, 1.82) is 0 Å². The van der Waals surface area contributed by atoms with E-state index >= 15 is 0 Å². The van der Waals surface area contributed by atoms with E-state index in [1.165, 1.54) is 11.3 Å². The number of aromatic amines is 1. The molecule has 0 saturated carbocycles. The number of nitrogens with zero attached hydrogens (tertiary/aromatic N) is 1. The largest absolute Gasteiger partial charge is 0.382 e. The van der Waals surface area contributed by atoms with Crippen LogP contribution in [0.1, 0.15) is 0 Å². The zero-order chi connectivity index (χ0) is 10.4. The van der Waals surface area contributed by atoms with Gasteiger partial charge in [0.1, 0.15) is 5.82 Å². The van der Waals surface area contributed by atoms with Gasteiger partial charge in [0.05, 0.1) is 16.5 Å². The SMILES string of the molecule is Nc1nc[nH]c2c1sc1cc(=O)ccc12. The standard InChI is InChI=1S/C10H7N3OS/c11-10-9-8(12-4-13-10)6-2-1-5(14)3-7(6)15-9/h1-4H,11H2,(H,12,13). The van der Waals surface area contributed by atoms with Gasteiger partial charge < -0.3 is 10.7 Å². The highest BCUT2D eigenvalue weighted by Gasteiger charge is 2.07. The Morgan fingerprint density at radius 1 is 1.40 bits per heavy atom. The first-order chi connectivity index (χ1) is 7.25. The number of hydrogen-bond acceptors (Lipinski definition) is 4. The maximum Gasteiger partial charge on any atom is 0.180 e. The van der Waals surface area contributed by atoms with Crippen LogP contribution in [0.4, 0.5) is 5.82 Å². The first-order valence-corrected chi connectivity index (χ1v) is 5.23. The molecule has 0 saturated heterocycles. The van der Waals surface area contributed by atoms with E-state index in [4.69, 9.17) is 5.73 Å². The highest BCUT2D eigenvalue weighted by Crippen LogP contribution is 2.33. The number of thiophene rings is 1. The van der Waals surface area contributed by atoms with E-state index in [1.54, 1.807) is 18.5 Å². The van der Waals surface area contributed by atoms with E-state index in [2.05, 4.69) is 9.97 Å². The van der Waals surface area contributed by atoms with Crippen molar-refractivity contribution in [3.8, 4) is 0 Å². The lowest BCUT2D eigenvalue weighted by Gasteiger charge is -1.93. The molecular weight excluding hydrogens is 210 g/mol. The fourth-order valence-electron chi connectivity index (χ4n) is 1.63. The average Bonchev–Trinajstić information content (AvgIpc) is 2.57. The Morgan fingerprint density at radius 2 is 2.27 bits per heavy atom. The number of hydrogen-bond donors (Lipinski definition) is 2. The number of anilines is 1. The minimum atomic E-state index is 0.0144. The second-order valence-corrected chi connectivity index (χ2v) is 4.30. The molecule has 0 spiro atoms. The third-order valence-corrected chi connectivity index (χ3v) is 3.48. The van der Waals surface area contributed by atoms with Crippen molar-refractivity contribution in [3.05, 3.63) is 34.7 Å². The molecule has 15 heavy (non-hydrogen) atoms. The Labute approximate surface area is 88.4 Å². The minimum Gasteiger partial charge on any atom is -0.382 e. The smallest absolute Gasteiger partial charge is 0.180 e. The molecule has 0 unspecified atom stereocenters. The van der Waals surface area contributed by atoms with E-state index in [-0.39, 0.29) is 5.43 Å². The monoisotopic (exact) mass is 217 g/mol. The summed E-state index contributed by atoms with van der Waals surface area (Å²) in [6.45, 7) is 0. The normalized spacial score (nSPS) is 11.2. The van der Waals surface area contributed by atoms with Gasteiger partial charge in [-0.3, -0.25) is 4.79 Å². The van der Waals surface area contributed by atoms with Gasteiger partial charge in [0.2, 0.25) is 0 Å². The molecule has 0 aliphatic heterocycles. The summed E-state index contributed by atoms with van der Waals surface area (Å²) in [5.41, 5.74) is 6.72. The molecule has 0 fully saturated rings. The zero-order valence-electron chi connectivity index (χ0n) is 7.65. The van der Waals surface area contributed by atoms with Gasteiger partial charge in [0.25, 0.3) is 0 Å². The minimum absolute atomic E-state index is 0.0144. The van der Waals surface area contributed by atoms with Gasteiger partial charge >= 0.3 is 0 Å². The van der Waals surface area contributed by atoms with E-state index in [0.29, 0.717) is 5.82 Å². The molecule has 3 aromatic rings. The second-order valence-electron chi connectivity index (χ2n) is 3.25. The first-order valence-electron chi connectivity index (χ1n) is 4.41. The topological polar surface area (TPSA) is 71.8 Å². The predicted molar refractivity (Wildman–Crippen MR) is 62.2 cm³/mol. The van der Waals surface area contributed by atoms with Crippen molar-refractivity contribution in [1.82, 2.24) is 9.97 Å². The molecule has 74 valence electrons. The summed E-state index contributed by atoms with van der Waals surface area (Å²) in [6.07, 6.45) is 1.56. The highest BCUT2D eigenvalue weighted by molar-refractivity contribution is 7.26. The predicted octanol–water partition coefficient (Wildman–Crippen LogP) is 1.72. The number of nitrogens with one attached hydrogen (secondary N) is 1. The number of aromatic nitrogens is 2. The summed E-state index contributed by atoms with van der Waals surface area (Å²) in [5.74, 6) is 0.498. The number of nitrogens with two attached hydrogens (primary N) is 1. The third-order valence-electron chi connectivity index (χ3n) is 2.31. The van der Waals surface area contributed by atoms with Crippen LogP contribution < -0.4 is 11.2 Å². The van der Waals surface area contributed by atoms with Crippen LogP contribution in [0.2, 0.25) is 0 Å². The van der Waals surface area contributed by atoms with Gasteiger partial charge in [0, 0.05) is 16.2 Å². The lowest BCUT2D eigenvalue weighted by Crippen LogP contribution is -1.92. The van der Waals surface area contributed by atoms with Gasteiger partial charge in [-0.25, -0.2) is 4.98 Å². The van der Waals surface area contributed by atoms with Crippen molar-refractivity contribution >= 4 is 37.5 Å². The van der Waals surface area contributed by atoms with Crippen LogP contribution in [0, 0.1) is 0 Å². The Morgan fingerprint density at radius 3 is 3.13 bits per heavy atom. The molecule has 3 rings (SSSR count). The maximum atomic E-state index is 11.2. The Balaban J connectivity index is 2.63. The Bertz CT molecular complexity index is 713. The molecule has 2 heterocycles. The lowest BCUT2D eigenvalue weighted by molar-refractivity contribution is 1.24. The van der Waals surface area contributed by atoms with Gasteiger partial charge in [-0.1, -0.05) is 0 Å². The second kappa shape index (κ2) is 2.80. The van der Waals surface area contributed by atoms with Crippen molar-refractivity contribution < 1.29 is 0 Å². The average molecular weight is 217 g/mol. The molecule has 0 bridgehead atoms. The van der Waals surface area contributed by atoms with Crippen molar-refractivity contribution in [2.75, 3.05) is 5.73 Å². The van der Waals surface area contributed by atoms with Gasteiger partial charge in [-0.15, -0.1) is 11.3 Å². The van der Waals surface area contributed by atoms with Crippen LogP contribution in [0.25, 0.3) is 20.3 Å². The van der Waals surface area contributed by atoms with Crippen LogP contribution in [0.5, 0.6) is 0 Å². The van der Waals surface area contributed by atoms with Crippen molar-refractivity contribution in [3.63, 3.8) is 0 Å². The van der Waals surface area contributed by atoms with Crippen LogP contribution in [-0.4, -0.2) is 9.97 Å². The molecule has 0 aliphatic rings. The van der Waals surface area contributed by atoms with Gasteiger partial charge in [0.15, 0.2) is 5.43 Å². The first kappa shape index (κ1) is 8.43. The van der Waals surface area contributed by atoms with Crippen LogP contribution in [0.3, 0.4) is 0 Å². The summed E-state index contributed by atoms with van der Waals surface area (Å²) in [7, 11) is 0. The molecule has 0 amide bonds. The number of benzene rings is 1. The number of nitrogen functional groups attached to an aromatic ring is 1. The highest BCUT2D eigenvalue weighted by atomic mass is 32.1. The maximum absolute atomic E-state index is 11.2. The summed E-state index contributed by atoms with van der Waals surface area (Å²) < 4.78 is 1.84. The molecule has 5 heteroatoms. The van der Waals surface area contributed by atoms with Gasteiger partial charge in [-0.05, 0) is 12.1 Å². The molecule has 1 aromatic carbocycles. The number of H-pyrrole nitrogens is 1. The van der Waals surface area contributed by atoms with E-state index in [0.717, 1.165) is 20.3 Å². The molecule has 0 aliphatic carbocycles. The van der Waals surface area contributed by atoms with Crippen molar-refractivity contribution in [2.24, 2.45) is 0 Å². The Kier molecular flexibility index (Phi) is 1.58. The van der Waals surface area contributed by atoms with Gasteiger partial charge in [-0.2, -0.15) is 0 Å². The lowest BCUT2D eigenvalue weighted by atomic mass is 10.2. The fraction of sp³-hybridized carbons (Fsp3) is 0. The number of rotatable bonds is 0. The Hall–Kier alpha value is -1.88. The fourth-order valence-corrected chi connectivity index (χ4v) is 2.73. The molecular formula is C10H7N3OS.